The van der Waals surface area contributed by atoms with Gasteiger partial charge in [0.05, 0.1) is 24.5 Å². The first-order chi connectivity index (χ1) is 21.5. The predicted molar refractivity (Wildman–Crippen MR) is 167 cm³/mol. The van der Waals surface area contributed by atoms with Crippen LogP contribution in [-0.4, -0.2) is 46.0 Å². The average Bonchev–Trinajstić information content (AvgIpc) is 3.53. The topological polar surface area (TPSA) is 187 Å². The molecule has 13 heteroatoms. The number of benzene rings is 3. The summed E-state index contributed by atoms with van der Waals surface area (Å²) in [6.45, 7) is 3.49. The molecule has 3 amide bonds. The summed E-state index contributed by atoms with van der Waals surface area (Å²) in [6.07, 6.45) is 1.13. The summed E-state index contributed by atoms with van der Waals surface area (Å²) in [7, 11) is -4.59. The van der Waals surface area contributed by atoms with E-state index in [9.17, 15) is 33.9 Å². The van der Waals surface area contributed by atoms with E-state index in [0.29, 0.717) is 24.8 Å². The fourth-order valence-corrected chi connectivity index (χ4v) is 5.76. The molecule has 238 valence electrons. The molecule has 0 unspecified atom stereocenters. The Bertz CT molecular complexity index is 1720. The second kappa shape index (κ2) is 15.0. The molecule has 4 rings (SSSR count). The van der Waals surface area contributed by atoms with Crippen molar-refractivity contribution in [2.75, 3.05) is 13.3 Å². The maximum absolute atomic E-state index is 13.3. The molecule has 3 aromatic carbocycles. The van der Waals surface area contributed by atoms with Crippen LogP contribution in [0.2, 0.25) is 0 Å². The monoisotopic (exact) mass is 637 g/mol. The van der Waals surface area contributed by atoms with E-state index in [0.717, 1.165) is 16.3 Å². The number of amides is 3. The molecule has 0 saturated heterocycles. The van der Waals surface area contributed by atoms with E-state index in [1.54, 1.807) is 19.3 Å². The van der Waals surface area contributed by atoms with Gasteiger partial charge in [-0.2, -0.15) is 0 Å². The van der Waals surface area contributed by atoms with E-state index in [1.807, 2.05) is 42.5 Å². The fourth-order valence-electron chi connectivity index (χ4n) is 5.16. The summed E-state index contributed by atoms with van der Waals surface area (Å²) in [5, 5.41) is 16.4. The Morgan fingerprint density at radius 1 is 0.889 bits per heavy atom. The normalized spacial score (nSPS) is 12.7. The van der Waals surface area contributed by atoms with E-state index in [4.69, 9.17) is 9.15 Å². The van der Waals surface area contributed by atoms with Crippen LogP contribution in [-0.2, 0) is 20.6 Å². The molecule has 0 fully saturated rings. The molecular formula is C32H36N3O9P. The summed E-state index contributed by atoms with van der Waals surface area (Å²) in [4.78, 5) is 57.8. The van der Waals surface area contributed by atoms with Gasteiger partial charge in [0.1, 0.15) is 11.5 Å². The van der Waals surface area contributed by atoms with E-state index in [1.165, 1.54) is 30.3 Å². The predicted octanol–water partition coefficient (Wildman–Crippen LogP) is 3.89. The summed E-state index contributed by atoms with van der Waals surface area (Å²) < 4.78 is 22.9. The minimum Gasteiger partial charge on any atom is -0.494 e. The van der Waals surface area contributed by atoms with E-state index in [2.05, 4.69) is 10.6 Å². The maximum Gasteiger partial charge on any atom is 0.356 e. The number of aryl methyl sites for hydroxylation is 1. The number of hydrogen-bond donors (Lipinski definition) is 6. The lowest BCUT2D eigenvalue weighted by Gasteiger charge is -2.24. The van der Waals surface area contributed by atoms with Crippen molar-refractivity contribution in [3.8, 4) is 17.1 Å². The van der Waals surface area contributed by atoms with E-state index in [-0.39, 0.29) is 35.9 Å². The SMILES string of the molecule is CCOc1cc(-c2ccc(C(=O)NCNC(=O)[C@H](CCc3ccc4ccccc4c3)[C@@H](CC)C(=O)NO)o2)cc(P(=O)(O)O)c1. The van der Waals surface area contributed by atoms with Gasteiger partial charge in [-0.3, -0.25) is 24.2 Å². The molecule has 0 spiro atoms. The molecule has 1 heterocycles. The highest BCUT2D eigenvalue weighted by Crippen LogP contribution is 2.37. The Hall–Kier alpha value is -4.48. The number of ether oxygens (including phenoxy) is 1. The summed E-state index contributed by atoms with van der Waals surface area (Å²) in [6, 6.07) is 20.8. The number of carbonyl (C=O) groups is 3. The lowest BCUT2D eigenvalue weighted by Crippen LogP contribution is -2.45. The Kier molecular flexibility index (Phi) is 11.1. The highest BCUT2D eigenvalue weighted by molar-refractivity contribution is 7.60. The summed E-state index contributed by atoms with van der Waals surface area (Å²) in [5.41, 5.74) is 2.95. The van der Waals surface area contributed by atoms with E-state index >= 15 is 0 Å². The van der Waals surface area contributed by atoms with Gasteiger partial charge in [0.15, 0.2) is 5.76 Å². The van der Waals surface area contributed by atoms with Crippen molar-refractivity contribution in [3.05, 3.63) is 84.1 Å². The third-order valence-corrected chi connectivity index (χ3v) is 8.36. The van der Waals surface area contributed by atoms with Crippen molar-refractivity contribution in [2.45, 2.75) is 33.1 Å². The minimum absolute atomic E-state index is 0.0993. The third kappa shape index (κ3) is 8.58. The van der Waals surface area contributed by atoms with Crippen molar-refractivity contribution < 1.29 is 43.1 Å². The highest BCUT2D eigenvalue weighted by Gasteiger charge is 2.32. The minimum atomic E-state index is -4.59. The maximum atomic E-state index is 13.3. The summed E-state index contributed by atoms with van der Waals surface area (Å²) in [5.74, 6) is -3.07. The molecule has 6 N–H and O–H groups in total. The smallest absolute Gasteiger partial charge is 0.356 e. The van der Waals surface area contributed by atoms with Gasteiger partial charge in [-0.15, -0.1) is 0 Å². The van der Waals surface area contributed by atoms with Crippen molar-refractivity contribution >= 4 is 41.4 Å². The van der Waals surface area contributed by atoms with Crippen LogP contribution >= 0.6 is 7.60 Å². The standard InChI is InChI=1S/C32H36N3O9P/c1-3-26(31(37)35-39)27(12-10-20-9-11-21-7-5-6-8-22(21)15-20)30(36)33-19-34-32(38)29-14-13-28(44-29)23-16-24(43-4-2)18-25(17-23)45(40,41)42/h5-9,11,13-18,26-27,39H,3-4,10,12,19H2,1-2H3,(H,33,36)(H,34,38)(H,35,37)(H2,40,41,42)/t26-,27-/m1/s1. The van der Waals surface area contributed by atoms with Crippen molar-refractivity contribution in [2.24, 2.45) is 11.8 Å². The molecule has 0 saturated carbocycles. The first-order valence-electron chi connectivity index (χ1n) is 14.5. The van der Waals surface area contributed by atoms with Gasteiger partial charge in [0.2, 0.25) is 11.8 Å². The largest absolute Gasteiger partial charge is 0.494 e. The van der Waals surface area contributed by atoms with Crippen LogP contribution in [0.25, 0.3) is 22.1 Å². The van der Waals surface area contributed by atoms with Gasteiger partial charge >= 0.3 is 7.60 Å². The Labute approximate surface area is 259 Å². The lowest BCUT2D eigenvalue weighted by molar-refractivity contribution is -0.140. The fraction of sp³-hybridized carbons (Fsp3) is 0.281. The van der Waals surface area contributed by atoms with Crippen LogP contribution in [0, 0.1) is 11.8 Å². The van der Waals surface area contributed by atoms with Gasteiger partial charge in [0, 0.05) is 11.5 Å². The molecule has 0 bridgehead atoms. The van der Waals surface area contributed by atoms with Crippen LogP contribution in [0.3, 0.4) is 0 Å². The Morgan fingerprint density at radius 2 is 1.64 bits per heavy atom. The number of hydrogen-bond acceptors (Lipinski definition) is 7. The first kappa shape index (κ1) is 33.4. The number of furan rings is 1. The number of fused-ring (bicyclic) bond motifs is 1. The number of rotatable bonds is 14. The zero-order chi connectivity index (χ0) is 32.6. The van der Waals surface area contributed by atoms with Gasteiger partial charge < -0.3 is 29.6 Å². The third-order valence-electron chi connectivity index (χ3n) is 7.43. The average molecular weight is 638 g/mol. The molecule has 0 aliphatic rings. The zero-order valence-electron chi connectivity index (χ0n) is 24.9. The van der Waals surface area contributed by atoms with Crippen LogP contribution < -0.4 is 26.2 Å². The van der Waals surface area contributed by atoms with Crippen LogP contribution in [0.1, 0.15) is 42.8 Å². The van der Waals surface area contributed by atoms with Gasteiger partial charge in [0.25, 0.3) is 5.91 Å². The number of nitrogens with one attached hydrogen (secondary N) is 3. The highest BCUT2D eigenvalue weighted by atomic mass is 31.2. The molecule has 0 radical (unpaired) electrons. The van der Waals surface area contributed by atoms with Gasteiger partial charge in [-0.1, -0.05) is 49.4 Å². The zero-order valence-corrected chi connectivity index (χ0v) is 25.8. The van der Waals surface area contributed by atoms with Crippen molar-refractivity contribution in [1.82, 2.24) is 16.1 Å². The summed E-state index contributed by atoms with van der Waals surface area (Å²) >= 11 is 0. The van der Waals surface area contributed by atoms with Crippen LogP contribution in [0.4, 0.5) is 0 Å². The number of hydroxylamine groups is 1. The quantitative estimate of drug-likeness (QED) is 0.0516. The van der Waals surface area contributed by atoms with Gasteiger partial charge in [-0.25, -0.2) is 5.48 Å². The second-order valence-electron chi connectivity index (χ2n) is 10.4. The van der Waals surface area contributed by atoms with Gasteiger partial charge in [-0.05, 0) is 72.9 Å². The van der Waals surface area contributed by atoms with Crippen molar-refractivity contribution in [3.63, 3.8) is 0 Å². The van der Waals surface area contributed by atoms with E-state index < -0.39 is 37.2 Å². The van der Waals surface area contributed by atoms with Crippen molar-refractivity contribution in [1.29, 1.82) is 0 Å². The molecule has 12 nitrogen and oxygen atoms in total. The molecule has 0 aliphatic heterocycles. The Balaban J connectivity index is 1.42. The van der Waals surface area contributed by atoms with Crippen LogP contribution in [0.15, 0.2) is 77.2 Å². The lowest BCUT2D eigenvalue weighted by atomic mass is 9.84. The molecule has 0 aliphatic carbocycles. The number of carbonyl (C=O) groups excluding carboxylic acids is 3. The molecule has 2 atom stereocenters. The second-order valence-corrected chi connectivity index (χ2v) is 12.0. The molecule has 1 aromatic heterocycles. The first-order valence-corrected chi connectivity index (χ1v) is 16.1. The van der Waals surface area contributed by atoms with Crippen LogP contribution in [0.5, 0.6) is 5.75 Å². The Morgan fingerprint density at radius 3 is 2.33 bits per heavy atom. The molecule has 4 aromatic rings. The molecular weight excluding hydrogens is 601 g/mol. The molecule has 45 heavy (non-hydrogen) atoms.